The van der Waals surface area contributed by atoms with Crippen LogP contribution in [0.4, 0.5) is 5.69 Å². The van der Waals surface area contributed by atoms with E-state index in [-0.39, 0.29) is 5.54 Å². The van der Waals surface area contributed by atoms with Crippen molar-refractivity contribution in [1.29, 1.82) is 0 Å². The van der Waals surface area contributed by atoms with E-state index in [0.29, 0.717) is 0 Å². The Hall–Kier alpha value is -1.51. The smallest absolute Gasteiger partial charge is 0.0680 e. The Labute approximate surface area is 90.1 Å². The fourth-order valence-corrected chi connectivity index (χ4v) is 1.67. The summed E-state index contributed by atoms with van der Waals surface area (Å²) < 4.78 is 1.89. The first-order valence-corrected chi connectivity index (χ1v) is 5.16. The second kappa shape index (κ2) is 3.26. The Kier molecular flexibility index (Phi) is 2.18. The number of hydrogen-bond donors (Lipinski definition) is 1. The van der Waals surface area contributed by atoms with Gasteiger partial charge in [-0.3, -0.25) is 4.68 Å². The molecule has 1 N–H and O–H groups in total. The van der Waals surface area contributed by atoms with Crippen LogP contribution >= 0.6 is 0 Å². The highest BCUT2D eigenvalue weighted by atomic mass is 15.2. The van der Waals surface area contributed by atoms with Crippen LogP contribution in [0.3, 0.4) is 0 Å². The summed E-state index contributed by atoms with van der Waals surface area (Å²) in [5, 5.41) is 8.84. The molecule has 0 bridgehead atoms. The second-order valence-corrected chi connectivity index (χ2v) is 4.92. The number of fused-ring (bicyclic) bond motifs is 1. The van der Waals surface area contributed by atoms with E-state index in [2.05, 4.69) is 49.4 Å². The lowest BCUT2D eigenvalue weighted by Gasteiger charge is -2.22. The van der Waals surface area contributed by atoms with Crippen molar-refractivity contribution < 1.29 is 0 Å². The maximum Gasteiger partial charge on any atom is 0.0680 e. The summed E-state index contributed by atoms with van der Waals surface area (Å²) in [6.07, 6.45) is 1.89. The van der Waals surface area contributed by atoms with Gasteiger partial charge in [0.05, 0.1) is 11.7 Å². The van der Waals surface area contributed by atoms with Gasteiger partial charge in [0.15, 0.2) is 0 Å². The van der Waals surface area contributed by atoms with Crippen molar-refractivity contribution in [2.75, 3.05) is 5.32 Å². The molecule has 0 saturated carbocycles. The standard InChI is InChI=1S/C12H17N3/c1-12(2,3)14-10-5-6-11-9(7-10)8-13-15(11)4/h5-8,14H,1-4H3. The van der Waals surface area contributed by atoms with Crippen molar-refractivity contribution in [3.63, 3.8) is 0 Å². The summed E-state index contributed by atoms with van der Waals surface area (Å²) in [4.78, 5) is 0. The summed E-state index contributed by atoms with van der Waals surface area (Å²) >= 11 is 0. The van der Waals surface area contributed by atoms with Crippen LogP contribution in [0.2, 0.25) is 0 Å². The molecule has 0 atom stereocenters. The largest absolute Gasteiger partial charge is 0.380 e. The molecule has 2 rings (SSSR count). The van der Waals surface area contributed by atoms with Crippen molar-refractivity contribution in [2.45, 2.75) is 26.3 Å². The summed E-state index contributed by atoms with van der Waals surface area (Å²) in [5.41, 5.74) is 2.40. The minimum Gasteiger partial charge on any atom is -0.380 e. The van der Waals surface area contributed by atoms with E-state index in [0.717, 1.165) is 11.2 Å². The Morgan fingerprint density at radius 3 is 2.67 bits per heavy atom. The van der Waals surface area contributed by atoms with E-state index in [1.807, 2.05) is 17.9 Å². The molecular formula is C12H17N3. The molecule has 2 aromatic rings. The van der Waals surface area contributed by atoms with Gasteiger partial charge in [-0.25, -0.2) is 0 Å². The van der Waals surface area contributed by atoms with Crippen molar-refractivity contribution in [1.82, 2.24) is 9.78 Å². The SMILES string of the molecule is Cn1ncc2cc(NC(C)(C)C)ccc21. The first-order valence-electron chi connectivity index (χ1n) is 5.16. The molecule has 0 amide bonds. The average Bonchev–Trinajstić information content (AvgIpc) is 2.45. The molecule has 0 aliphatic heterocycles. The predicted molar refractivity (Wildman–Crippen MR) is 64.1 cm³/mol. The number of benzene rings is 1. The van der Waals surface area contributed by atoms with E-state index in [4.69, 9.17) is 0 Å². The minimum absolute atomic E-state index is 0.0931. The molecule has 80 valence electrons. The van der Waals surface area contributed by atoms with Gasteiger partial charge in [0.2, 0.25) is 0 Å². The number of hydrogen-bond acceptors (Lipinski definition) is 2. The van der Waals surface area contributed by atoms with Crippen LogP contribution in [0.1, 0.15) is 20.8 Å². The molecule has 0 aliphatic rings. The Balaban J connectivity index is 2.39. The van der Waals surface area contributed by atoms with E-state index in [1.54, 1.807) is 0 Å². The molecule has 0 saturated heterocycles. The fourth-order valence-electron chi connectivity index (χ4n) is 1.67. The van der Waals surface area contributed by atoms with Crippen LogP contribution in [-0.4, -0.2) is 15.3 Å². The predicted octanol–water partition coefficient (Wildman–Crippen LogP) is 2.78. The highest BCUT2D eigenvalue weighted by Crippen LogP contribution is 2.20. The highest BCUT2D eigenvalue weighted by molar-refractivity contribution is 5.82. The molecule has 0 spiro atoms. The zero-order chi connectivity index (χ0) is 11.1. The van der Waals surface area contributed by atoms with Gasteiger partial charge < -0.3 is 5.32 Å². The first-order chi connectivity index (χ1) is 6.96. The molecule has 3 nitrogen and oxygen atoms in total. The molecule has 15 heavy (non-hydrogen) atoms. The van der Waals surface area contributed by atoms with Crippen LogP contribution < -0.4 is 5.32 Å². The number of aromatic nitrogens is 2. The van der Waals surface area contributed by atoms with Gasteiger partial charge >= 0.3 is 0 Å². The molecule has 1 aromatic carbocycles. The van der Waals surface area contributed by atoms with Gasteiger partial charge in [-0.05, 0) is 39.0 Å². The summed E-state index contributed by atoms with van der Waals surface area (Å²) in [6.45, 7) is 6.46. The van der Waals surface area contributed by atoms with Crippen molar-refractivity contribution in [3.05, 3.63) is 24.4 Å². The maximum absolute atomic E-state index is 4.22. The van der Waals surface area contributed by atoms with Gasteiger partial charge in [0.25, 0.3) is 0 Å². The zero-order valence-electron chi connectivity index (χ0n) is 9.70. The number of anilines is 1. The van der Waals surface area contributed by atoms with Gasteiger partial charge in [-0.2, -0.15) is 5.10 Å². The first kappa shape index (κ1) is 10.0. The number of nitrogens with zero attached hydrogens (tertiary/aromatic N) is 2. The summed E-state index contributed by atoms with van der Waals surface area (Å²) in [6, 6.07) is 6.32. The van der Waals surface area contributed by atoms with E-state index >= 15 is 0 Å². The third-order valence-electron chi connectivity index (χ3n) is 2.27. The lowest BCUT2D eigenvalue weighted by molar-refractivity contribution is 0.634. The molecule has 0 fully saturated rings. The molecule has 1 aromatic heterocycles. The topological polar surface area (TPSA) is 29.9 Å². The Morgan fingerprint density at radius 1 is 1.27 bits per heavy atom. The molecule has 1 heterocycles. The van der Waals surface area contributed by atoms with Crippen LogP contribution in [-0.2, 0) is 7.05 Å². The molecule has 0 unspecified atom stereocenters. The Morgan fingerprint density at radius 2 is 2.00 bits per heavy atom. The highest BCUT2D eigenvalue weighted by Gasteiger charge is 2.09. The number of nitrogens with one attached hydrogen (secondary N) is 1. The third-order valence-corrected chi connectivity index (χ3v) is 2.27. The van der Waals surface area contributed by atoms with Crippen LogP contribution in [0, 0.1) is 0 Å². The average molecular weight is 203 g/mol. The van der Waals surface area contributed by atoms with Gasteiger partial charge in [-0.15, -0.1) is 0 Å². The van der Waals surface area contributed by atoms with Gasteiger partial charge in [0.1, 0.15) is 0 Å². The minimum atomic E-state index is 0.0931. The van der Waals surface area contributed by atoms with E-state index in [1.165, 1.54) is 5.39 Å². The number of aryl methyl sites for hydroxylation is 1. The van der Waals surface area contributed by atoms with Gasteiger partial charge in [0, 0.05) is 23.7 Å². The molecule has 0 radical (unpaired) electrons. The summed E-state index contributed by atoms with van der Waals surface area (Å²) in [7, 11) is 1.96. The lowest BCUT2D eigenvalue weighted by atomic mass is 10.1. The molecular weight excluding hydrogens is 186 g/mol. The van der Waals surface area contributed by atoms with Crippen molar-refractivity contribution >= 4 is 16.6 Å². The van der Waals surface area contributed by atoms with Gasteiger partial charge in [-0.1, -0.05) is 0 Å². The fraction of sp³-hybridized carbons (Fsp3) is 0.417. The van der Waals surface area contributed by atoms with Crippen molar-refractivity contribution in [2.24, 2.45) is 7.05 Å². The normalized spacial score (nSPS) is 12.0. The van der Waals surface area contributed by atoms with Crippen LogP contribution in [0.5, 0.6) is 0 Å². The van der Waals surface area contributed by atoms with E-state index < -0.39 is 0 Å². The number of rotatable bonds is 1. The zero-order valence-corrected chi connectivity index (χ0v) is 9.70. The van der Waals surface area contributed by atoms with Crippen molar-refractivity contribution in [3.8, 4) is 0 Å². The van der Waals surface area contributed by atoms with E-state index in [9.17, 15) is 0 Å². The van der Waals surface area contributed by atoms with Crippen LogP contribution in [0.15, 0.2) is 24.4 Å². The second-order valence-electron chi connectivity index (χ2n) is 4.92. The molecule has 3 heteroatoms. The lowest BCUT2D eigenvalue weighted by Crippen LogP contribution is -2.25. The van der Waals surface area contributed by atoms with Crippen LogP contribution in [0.25, 0.3) is 10.9 Å². The monoisotopic (exact) mass is 203 g/mol. The summed E-state index contributed by atoms with van der Waals surface area (Å²) in [5.74, 6) is 0. The third kappa shape index (κ3) is 2.12. The quantitative estimate of drug-likeness (QED) is 0.772. The molecule has 0 aliphatic carbocycles. The maximum atomic E-state index is 4.22. The Bertz CT molecular complexity index is 477.